The van der Waals surface area contributed by atoms with Crippen molar-refractivity contribution in [2.24, 2.45) is 5.92 Å². The number of benzene rings is 1. The molecule has 5 heteroatoms. The van der Waals surface area contributed by atoms with E-state index in [-0.39, 0.29) is 17.6 Å². The third kappa shape index (κ3) is 4.37. The molecule has 2 N–H and O–H groups in total. The van der Waals surface area contributed by atoms with E-state index >= 15 is 0 Å². The van der Waals surface area contributed by atoms with Crippen LogP contribution in [-0.2, 0) is 0 Å². The number of para-hydroxylation sites is 2. The van der Waals surface area contributed by atoms with Gasteiger partial charge in [-0.2, -0.15) is 0 Å². The van der Waals surface area contributed by atoms with E-state index in [9.17, 15) is 9.90 Å². The summed E-state index contributed by atoms with van der Waals surface area (Å²) >= 11 is 0. The summed E-state index contributed by atoms with van der Waals surface area (Å²) < 4.78 is 5.88. The smallest absolute Gasteiger partial charge is 0.322 e. The Morgan fingerprint density at radius 3 is 2.68 bits per heavy atom. The molecule has 1 saturated heterocycles. The van der Waals surface area contributed by atoms with Crippen LogP contribution in [0.1, 0.15) is 34.1 Å². The number of anilines is 1. The van der Waals surface area contributed by atoms with Crippen LogP contribution in [0.5, 0.6) is 5.75 Å². The lowest BCUT2D eigenvalue weighted by Crippen LogP contribution is -2.47. The highest BCUT2D eigenvalue weighted by atomic mass is 16.5. The molecule has 1 aromatic carbocycles. The van der Waals surface area contributed by atoms with Gasteiger partial charge in [0.25, 0.3) is 0 Å². The Kier molecular flexibility index (Phi) is 4.96. The molecule has 1 aliphatic rings. The zero-order chi connectivity index (χ0) is 16.3. The molecule has 0 bridgehead atoms. The fourth-order valence-corrected chi connectivity index (χ4v) is 2.42. The number of ether oxygens (including phenoxy) is 1. The number of aliphatic hydroxyl groups excluding tert-OH is 1. The predicted octanol–water partition coefficient (Wildman–Crippen LogP) is 3.10. The number of rotatable bonds is 2. The number of urea groups is 1. The number of piperidine rings is 1. The van der Waals surface area contributed by atoms with Crippen molar-refractivity contribution < 1.29 is 14.6 Å². The van der Waals surface area contributed by atoms with Crippen LogP contribution in [0.4, 0.5) is 10.5 Å². The molecular weight excluding hydrogens is 280 g/mol. The molecule has 1 aliphatic heterocycles. The van der Waals surface area contributed by atoms with E-state index < -0.39 is 6.10 Å². The monoisotopic (exact) mass is 306 g/mol. The SMILES string of the molecule is CC1CCN(C(=O)Nc2ccccc2OC(C)(C)C)CC1O. The van der Waals surface area contributed by atoms with Gasteiger partial charge in [-0.25, -0.2) is 4.79 Å². The Balaban J connectivity index is 2.06. The van der Waals surface area contributed by atoms with Gasteiger partial charge in [-0.1, -0.05) is 19.1 Å². The molecule has 1 fully saturated rings. The first-order valence-corrected chi connectivity index (χ1v) is 7.78. The van der Waals surface area contributed by atoms with Crippen molar-refractivity contribution in [2.45, 2.75) is 45.8 Å². The van der Waals surface area contributed by atoms with Gasteiger partial charge in [0.1, 0.15) is 11.4 Å². The zero-order valence-electron chi connectivity index (χ0n) is 13.8. The number of carbonyl (C=O) groups is 1. The maximum Gasteiger partial charge on any atom is 0.322 e. The van der Waals surface area contributed by atoms with Gasteiger partial charge in [0.05, 0.1) is 11.8 Å². The van der Waals surface area contributed by atoms with Gasteiger partial charge in [0.15, 0.2) is 0 Å². The Bertz CT molecular complexity index is 525. The molecular formula is C17H26N2O3. The largest absolute Gasteiger partial charge is 0.486 e. The van der Waals surface area contributed by atoms with Gasteiger partial charge in [-0.15, -0.1) is 0 Å². The van der Waals surface area contributed by atoms with E-state index in [2.05, 4.69) is 5.32 Å². The van der Waals surface area contributed by atoms with Gasteiger partial charge in [0, 0.05) is 13.1 Å². The van der Waals surface area contributed by atoms with Crippen LogP contribution >= 0.6 is 0 Å². The summed E-state index contributed by atoms with van der Waals surface area (Å²) in [5.41, 5.74) is 0.313. The maximum absolute atomic E-state index is 12.4. The van der Waals surface area contributed by atoms with E-state index in [4.69, 9.17) is 4.74 Å². The minimum absolute atomic E-state index is 0.198. The molecule has 0 aromatic heterocycles. The van der Waals surface area contributed by atoms with Crippen molar-refractivity contribution in [3.63, 3.8) is 0 Å². The topological polar surface area (TPSA) is 61.8 Å². The number of hydrogen-bond donors (Lipinski definition) is 2. The maximum atomic E-state index is 12.4. The van der Waals surface area contributed by atoms with E-state index in [1.54, 1.807) is 4.90 Å². The highest BCUT2D eigenvalue weighted by Gasteiger charge is 2.27. The third-order valence-electron chi connectivity index (χ3n) is 3.75. The highest BCUT2D eigenvalue weighted by molar-refractivity contribution is 5.91. The second-order valence-corrected chi connectivity index (χ2v) is 6.92. The zero-order valence-corrected chi connectivity index (χ0v) is 13.8. The fraction of sp³-hybridized carbons (Fsp3) is 0.588. The molecule has 1 heterocycles. The summed E-state index contributed by atoms with van der Waals surface area (Å²) in [6, 6.07) is 7.20. The number of β-amino-alcohol motifs (C(OH)–C–C–N with tert-alkyl or cyclic N) is 1. The van der Waals surface area contributed by atoms with Crippen molar-refractivity contribution in [3.8, 4) is 5.75 Å². The lowest BCUT2D eigenvalue weighted by Gasteiger charge is -2.34. The number of nitrogens with one attached hydrogen (secondary N) is 1. The molecule has 0 radical (unpaired) electrons. The molecule has 2 unspecified atom stereocenters. The third-order valence-corrected chi connectivity index (χ3v) is 3.75. The lowest BCUT2D eigenvalue weighted by molar-refractivity contribution is 0.0463. The first-order chi connectivity index (χ1) is 10.3. The molecule has 122 valence electrons. The molecule has 2 atom stereocenters. The summed E-state index contributed by atoms with van der Waals surface area (Å²) in [4.78, 5) is 14.0. The number of aliphatic hydroxyl groups is 1. The standard InChI is InChI=1S/C17H26N2O3/c1-12-9-10-19(11-14(12)20)16(21)18-13-7-5-6-8-15(13)22-17(2,3)4/h5-8,12,14,20H,9-11H2,1-4H3,(H,18,21). The molecule has 1 aromatic rings. The summed E-state index contributed by atoms with van der Waals surface area (Å²) in [5.74, 6) is 0.884. The average Bonchev–Trinajstić information content (AvgIpc) is 2.42. The van der Waals surface area contributed by atoms with Crippen molar-refractivity contribution in [1.82, 2.24) is 4.90 Å². The Morgan fingerprint density at radius 2 is 2.05 bits per heavy atom. The van der Waals surface area contributed by atoms with Crippen LogP contribution in [0.2, 0.25) is 0 Å². The number of likely N-dealkylation sites (tertiary alicyclic amines) is 1. The first-order valence-electron chi connectivity index (χ1n) is 7.78. The molecule has 2 amide bonds. The van der Waals surface area contributed by atoms with E-state index in [1.807, 2.05) is 52.0 Å². The first kappa shape index (κ1) is 16.6. The normalized spacial score (nSPS) is 22.3. The van der Waals surface area contributed by atoms with Crippen LogP contribution in [0.3, 0.4) is 0 Å². The molecule has 5 nitrogen and oxygen atoms in total. The van der Waals surface area contributed by atoms with Crippen molar-refractivity contribution >= 4 is 11.7 Å². The van der Waals surface area contributed by atoms with Gasteiger partial charge in [-0.05, 0) is 45.2 Å². The van der Waals surface area contributed by atoms with Crippen molar-refractivity contribution in [2.75, 3.05) is 18.4 Å². The summed E-state index contributed by atoms with van der Waals surface area (Å²) in [5, 5.41) is 12.8. The Morgan fingerprint density at radius 1 is 1.36 bits per heavy atom. The van der Waals surface area contributed by atoms with Crippen LogP contribution in [0.15, 0.2) is 24.3 Å². The Labute approximate surface area is 132 Å². The van der Waals surface area contributed by atoms with Crippen molar-refractivity contribution in [1.29, 1.82) is 0 Å². The van der Waals surface area contributed by atoms with Gasteiger partial charge in [0.2, 0.25) is 0 Å². The quantitative estimate of drug-likeness (QED) is 0.882. The van der Waals surface area contributed by atoms with E-state index in [0.717, 1.165) is 6.42 Å². The minimum atomic E-state index is -0.458. The fourth-order valence-electron chi connectivity index (χ4n) is 2.42. The minimum Gasteiger partial charge on any atom is -0.486 e. The number of nitrogens with zero attached hydrogens (tertiary/aromatic N) is 1. The number of amides is 2. The molecule has 0 spiro atoms. The second kappa shape index (κ2) is 6.57. The molecule has 2 rings (SSSR count). The van der Waals surface area contributed by atoms with Gasteiger partial charge in [-0.3, -0.25) is 0 Å². The highest BCUT2D eigenvalue weighted by Crippen LogP contribution is 2.28. The number of carbonyl (C=O) groups excluding carboxylic acids is 1. The summed E-state index contributed by atoms with van der Waals surface area (Å²) in [6.45, 7) is 8.93. The van der Waals surface area contributed by atoms with Crippen LogP contribution in [0, 0.1) is 5.92 Å². The molecule has 0 aliphatic carbocycles. The summed E-state index contributed by atoms with van der Waals surface area (Å²) in [7, 11) is 0. The van der Waals surface area contributed by atoms with Crippen LogP contribution in [0.25, 0.3) is 0 Å². The average molecular weight is 306 g/mol. The second-order valence-electron chi connectivity index (χ2n) is 6.92. The Hall–Kier alpha value is -1.75. The lowest BCUT2D eigenvalue weighted by atomic mass is 9.96. The molecule has 22 heavy (non-hydrogen) atoms. The predicted molar refractivity (Wildman–Crippen MR) is 87.2 cm³/mol. The van der Waals surface area contributed by atoms with E-state index in [1.165, 1.54) is 0 Å². The van der Waals surface area contributed by atoms with E-state index in [0.29, 0.717) is 24.5 Å². The van der Waals surface area contributed by atoms with Gasteiger partial charge >= 0.3 is 6.03 Å². The van der Waals surface area contributed by atoms with Gasteiger partial charge < -0.3 is 20.1 Å². The molecule has 0 saturated carbocycles. The number of hydrogen-bond acceptors (Lipinski definition) is 3. The van der Waals surface area contributed by atoms with Crippen LogP contribution < -0.4 is 10.1 Å². The van der Waals surface area contributed by atoms with Crippen molar-refractivity contribution in [3.05, 3.63) is 24.3 Å². The van der Waals surface area contributed by atoms with Crippen LogP contribution in [-0.4, -0.2) is 40.8 Å². The summed E-state index contributed by atoms with van der Waals surface area (Å²) in [6.07, 6.45) is 0.356.